The summed E-state index contributed by atoms with van der Waals surface area (Å²) < 4.78 is 0. The van der Waals surface area contributed by atoms with Gasteiger partial charge in [0, 0.05) is 0 Å². The van der Waals surface area contributed by atoms with Gasteiger partial charge in [-0.05, 0) is 50.7 Å². The Kier molecular flexibility index (Phi) is 14.9. The van der Waals surface area contributed by atoms with Crippen molar-refractivity contribution in [3.8, 4) is 0 Å². The third-order valence-corrected chi connectivity index (χ3v) is 4.37. The van der Waals surface area contributed by atoms with Crippen molar-refractivity contribution in [2.45, 2.75) is 98.8 Å². The Morgan fingerprint density at radius 3 is 1.43 bits per heavy atom. The van der Waals surface area contributed by atoms with Gasteiger partial charge in [-0.25, -0.2) is 0 Å². The second-order valence-corrected chi connectivity index (χ2v) is 7.68. The van der Waals surface area contributed by atoms with E-state index in [0.29, 0.717) is 0 Å². The predicted octanol–water partition coefficient (Wildman–Crippen LogP) is 6.52. The smallest absolute Gasteiger partial charge is 0.00163 e. The van der Waals surface area contributed by atoms with Gasteiger partial charge < -0.3 is 4.90 Å². The van der Waals surface area contributed by atoms with E-state index in [1.165, 1.54) is 83.8 Å². The van der Waals surface area contributed by atoms with Gasteiger partial charge in [0.1, 0.15) is 0 Å². The van der Waals surface area contributed by atoms with Gasteiger partial charge in [0.25, 0.3) is 0 Å². The average Bonchev–Trinajstić information content (AvgIpc) is 2.43. The molecule has 0 aliphatic carbocycles. The Bertz CT molecular complexity index is 186. The minimum absolute atomic E-state index is 0.838. The molecule has 0 heterocycles. The summed E-state index contributed by atoms with van der Waals surface area (Å²) in [7, 11) is 0. The monoisotopic (exact) mass is 297 g/mol. The zero-order valence-corrected chi connectivity index (χ0v) is 15.8. The standard InChI is InChI=1S/C20H43N/c1-6-7-8-9-10-11-12-13-16-21(17-14-19(2)3)18-15-20(4)5/h19-20H,6-18H2,1-5H3. The van der Waals surface area contributed by atoms with Crippen LogP contribution < -0.4 is 0 Å². The fourth-order valence-corrected chi connectivity index (χ4v) is 2.69. The molecular formula is C20H43N. The van der Waals surface area contributed by atoms with E-state index in [9.17, 15) is 0 Å². The first-order chi connectivity index (χ1) is 10.1. The normalized spacial score (nSPS) is 12.0. The van der Waals surface area contributed by atoms with Gasteiger partial charge in [0.2, 0.25) is 0 Å². The van der Waals surface area contributed by atoms with Crippen molar-refractivity contribution in [2.75, 3.05) is 19.6 Å². The summed E-state index contributed by atoms with van der Waals surface area (Å²) in [6, 6.07) is 0. The van der Waals surface area contributed by atoms with E-state index in [0.717, 1.165) is 11.8 Å². The first-order valence-corrected chi connectivity index (χ1v) is 9.78. The zero-order valence-electron chi connectivity index (χ0n) is 15.8. The van der Waals surface area contributed by atoms with Crippen molar-refractivity contribution < 1.29 is 0 Å². The second kappa shape index (κ2) is 14.9. The lowest BCUT2D eigenvalue weighted by molar-refractivity contribution is 0.238. The molecule has 0 aromatic heterocycles. The molecule has 0 N–H and O–H groups in total. The summed E-state index contributed by atoms with van der Waals surface area (Å²) in [5, 5.41) is 0. The van der Waals surface area contributed by atoms with E-state index in [-0.39, 0.29) is 0 Å². The Morgan fingerprint density at radius 2 is 1.00 bits per heavy atom. The molecule has 0 unspecified atom stereocenters. The van der Waals surface area contributed by atoms with E-state index in [1.54, 1.807) is 0 Å². The van der Waals surface area contributed by atoms with E-state index in [2.05, 4.69) is 39.5 Å². The van der Waals surface area contributed by atoms with Crippen molar-refractivity contribution in [3.63, 3.8) is 0 Å². The summed E-state index contributed by atoms with van der Waals surface area (Å²) in [6.45, 7) is 15.6. The highest BCUT2D eigenvalue weighted by Crippen LogP contribution is 2.11. The van der Waals surface area contributed by atoms with E-state index < -0.39 is 0 Å². The number of hydrogen-bond donors (Lipinski definition) is 0. The molecule has 0 saturated heterocycles. The predicted molar refractivity (Wildman–Crippen MR) is 98.0 cm³/mol. The van der Waals surface area contributed by atoms with Crippen LogP contribution in [0.1, 0.15) is 98.8 Å². The van der Waals surface area contributed by atoms with Crippen LogP contribution in [0, 0.1) is 11.8 Å². The van der Waals surface area contributed by atoms with Gasteiger partial charge in [-0.2, -0.15) is 0 Å². The molecule has 0 bridgehead atoms. The molecule has 0 aromatic carbocycles. The number of hydrogen-bond acceptors (Lipinski definition) is 1. The van der Waals surface area contributed by atoms with Crippen molar-refractivity contribution >= 4 is 0 Å². The SMILES string of the molecule is CCCCCCCCCCN(CCC(C)C)CCC(C)C. The highest BCUT2D eigenvalue weighted by Gasteiger charge is 2.07. The van der Waals surface area contributed by atoms with Gasteiger partial charge >= 0.3 is 0 Å². The Labute approximate surface area is 135 Å². The maximum absolute atomic E-state index is 2.72. The van der Waals surface area contributed by atoms with Crippen LogP contribution in [0.4, 0.5) is 0 Å². The minimum Gasteiger partial charge on any atom is -0.303 e. The van der Waals surface area contributed by atoms with Gasteiger partial charge in [-0.15, -0.1) is 0 Å². The largest absolute Gasteiger partial charge is 0.303 e. The number of nitrogens with zero attached hydrogens (tertiary/aromatic N) is 1. The maximum Gasteiger partial charge on any atom is -0.00163 e. The minimum atomic E-state index is 0.838. The van der Waals surface area contributed by atoms with Gasteiger partial charge in [0.05, 0.1) is 0 Å². The lowest BCUT2D eigenvalue weighted by Crippen LogP contribution is -2.28. The van der Waals surface area contributed by atoms with Gasteiger partial charge in [-0.3, -0.25) is 0 Å². The van der Waals surface area contributed by atoms with Crippen LogP contribution in [0.5, 0.6) is 0 Å². The Balaban J connectivity index is 3.64. The van der Waals surface area contributed by atoms with Crippen molar-refractivity contribution in [2.24, 2.45) is 11.8 Å². The van der Waals surface area contributed by atoms with Crippen LogP contribution in [0.15, 0.2) is 0 Å². The van der Waals surface area contributed by atoms with Crippen LogP contribution >= 0.6 is 0 Å². The third-order valence-electron chi connectivity index (χ3n) is 4.37. The van der Waals surface area contributed by atoms with Gasteiger partial charge in [0.15, 0.2) is 0 Å². The summed E-state index contributed by atoms with van der Waals surface area (Å²) in [5.74, 6) is 1.68. The summed E-state index contributed by atoms with van der Waals surface area (Å²) in [4.78, 5) is 2.72. The lowest BCUT2D eigenvalue weighted by atomic mass is 10.1. The average molecular weight is 298 g/mol. The van der Waals surface area contributed by atoms with Crippen LogP contribution in [-0.2, 0) is 0 Å². The second-order valence-electron chi connectivity index (χ2n) is 7.68. The van der Waals surface area contributed by atoms with E-state index in [4.69, 9.17) is 0 Å². The third kappa shape index (κ3) is 16.2. The molecule has 1 heteroatoms. The maximum atomic E-state index is 2.72. The molecule has 0 atom stereocenters. The van der Waals surface area contributed by atoms with Crippen molar-refractivity contribution in [1.29, 1.82) is 0 Å². The first-order valence-electron chi connectivity index (χ1n) is 9.78. The molecule has 0 amide bonds. The fourth-order valence-electron chi connectivity index (χ4n) is 2.69. The number of rotatable bonds is 15. The first kappa shape index (κ1) is 21.0. The van der Waals surface area contributed by atoms with Crippen molar-refractivity contribution in [1.82, 2.24) is 4.90 Å². The fraction of sp³-hybridized carbons (Fsp3) is 1.00. The summed E-state index contributed by atoms with van der Waals surface area (Å²) in [5.41, 5.74) is 0. The highest BCUT2D eigenvalue weighted by atomic mass is 15.1. The lowest BCUT2D eigenvalue weighted by Gasteiger charge is -2.24. The molecule has 0 saturated carbocycles. The molecule has 0 spiro atoms. The van der Waals surface area contributed by atoms with E-state index in [1.807, 2.05) is 0 Å². The summed E-state index contributed by atoms with van der Waals surface area (Å²) >= 11 is 0. The molecule has 128 valence electrons. The van der Waals surface area contributed by atoms with Gasteiger partial charge in [-0.1, -0.05) is 79.6 Å². The molecule has 0 rings (SSSR count). The molecule has 1 nitrogen and oxygen atoms in total. The molecule has 0 radical (unpaired) electrons. The quantitative estimate of drug-likeness (QED) is 0.311. The Hall–Kier alpha value is -0.0400. The Morgan fingerprint density at radius 1 is 0.571 bits per heavy atom. The highest BCUT2D eigenvalue weighted by molar-refractivity contribution is 4.61. The van der Waals surface area contributed by atoms with Crippen LogP contribution in [0.3, 0.4) is 0 Å². The molecule has 21 heavy (non-hydrogen) atoms. The summed E-state index contributed by atoms with van der Waals surface area (Å²) in [6.07, 6.45) is 14.2. The molecular weight excluding hydrogens is 254 g/mol. The molecule has 0 fully saturated rings. The molecule has 0 aliphatic rings. The topological polar surface area (TPSA) is 3.24 Å². The zero-order chi connectivity index (χ0) is 15.9. The van der Waals surface area contributed by atoms with Crippen LogP contribution in [-0.4, -0.2) is 24.5 Å². The van der Waals surface area contributed by atoms with Crippen molar-refractivity contribution in [3.05, 3.63) is 0 Å². The number of unbranched alkanes of at least 4 members (excludes halogenated alkanes) is 7. The van der Waals surface area contributed by atoms with E-state index >= 15 is 0 Å². The van der Waals surface area contributed by atoms with Crippen LogP contribution in [0.2, 0.25) is 0 Å². The molecule has 0 aromatic rings. The van der Waals surface area contributed by atoms with Crippen LogP contribution in [0.25, 0.3) is 0 Å². The molecule has 0 aliphatic heterocycles.